The minimum absolute atomic E-state index is 0.102. The van der Waals surface area contributed by atoms with Gasteiger partial charge in [-0.15, -0.1) is 0 Å². The number of nitrogens with zero attached hydrogens (tertiary/aromatic N) is 3. The van der Waals surface area contributed by atoms with Gasteiger partial charge in [-0.05, 0) is 24.6 Å². The third-order valence-electron chi connectivity index (χ3n) is 3.78. The molecule has 1 heterocycles. The Kier molecular flexibility index (Phi) is 5.06. The Labute approximate surface area is 149 Å². The first-order valence-corrected chi connectivity index (χ1v) is 7.95. The van der Waals surface area contributed by atoms with Crippen LogP contribution in [0.25, 0.3) is 0 Å². The largest absolute Gasteiger partial charge is 0.355 e. The van der Waals surface area contributed by atoms with Crippen LogP contribution in [0.4, 0.5) is 30.6 Å². The number of rotatable bonds is 5. The monoisotopic (exact) mass is 358 g/mol. The second kappa shape index (κ2) is 7.43. The Morgan fingerprint density at radius 1 is 0.962 bits per heavy atom. The number of aryl methyl sites for hydroxylation is 1. The summed E-state index contributed by atoms with van der Waals surface area (Å²) in [4.78, 5) is 10.4. The molecule has 0 saturated carbocycles. The van der Waals surface area contributed by atoms with Crippen molar-refractivity contribution in [3.63, 3.8) is 0 Å². The van der Waals surface area contributed by atoms with Gasteiger partial charge < -0.3 is 10.2 Å². The maximum absolute atomic E-state index is 13.9. The second-order valence-corrected chi connectivity index (χ2v) is 5.88. The summed E-state index contributed by atoms with van der Waals surface area (Å²) in [5.41, 5.74) is 1.53. The molecule has 0 amide bonds. The van der Waals surface area contributed by atoms with Crippen molar-refractivity contribution >= 4 is 17.5 Å². The Bertz CT molecular complexity index is 916. The third kappa shape index (κ3) is 3.93. The lowest BCUT2D eigenvalue weighted by Gasteiger charge is -2.19. The van der Waals surface area contributed by atoms with Gasteiger partial charge in [0, 0.05) is 25.4 Å². The van der Waals surface area contributed by atoms with Crippen molar-refractivity contribution in [1.29, 1.82) is 0 Å². The fourth-order valence-electron chi connectivity index (χ4n) is 2.48. The van der Waals surface area contributed by atoms with Crippen LogP contribution < -0.4 is 10.2 Å². The maximum atomic E-state index is 13.9. The predicted molar refractivity (Wildman–Crippen MR) is 94.9 cm³/mol. The van der Waals surface area contributed by atoms with Gasteiger partial charge >= 0.3 is 0 Å². The van der Waals surface area contributed by atoms with Crippen molar-refractivity contribution in [2.45, 2.75) is 13.5 Å². The van der Waals surface area contributed by atoms with Gasteiger partial charge in [-0.1, -0.05) is 30.3 Å². The summed E-state index contributed by atoms with van der Waals surface area (Å²) in [5, 5.41) is 2.61. The van der Waals surface area contributed by atoms with Crippen LogP contribution >= 0.6 is 0 Å². The molecular weight excluding hydrogens is 341 g/mol. The third-order valence-corrected chi connectivity index (χ3v) is 3.78. The molecule has 0 saturated heterocycles. The average molecular weight is 358 g/mol. The topological polar surface area (TPSA) is 41.1 Å². The highest BCUT2D eigenvalue weighted by Gasteiger charge is 2.15. The van der Waals surface area contributed by atoms with E-state index in [1.807, 2.05) is 42.3 Å². The second-order valence-electron chi connectivity index (χ2n) is 5.88. The average Bonchev–Trinajstić information content (AvgIpc) is 2.62. The number of halogens is 3. The van der Waals surface area contributed by atoms with Gasteiger partial charge in [-0.3, -0.25) is 0 Å². The first kappa shape index (κ1) is 17.7. The molecule has 1 N–H and O–H groups in total. The number of nitrogens with one attached hydrogen (secondary N) is 1. The van der Waals surface area contributed by atoms with Crippen LogP contribution in [0.1, 0.15) is 11.3 Å². The molecule has 3 rings (SSSR count). The van der Waals surface area contributed by atoms with E-state index < -0.39 is 17.5 Å². The van der Waals surface area contributed by atoms with E-state index in [1.165, 1.54) is 0 Å². The molecule has 26 heavy (non-hydrogen) atoms. The summed E-state index contributed by atoms with van der Waals surface area (Å²) >= 11 is 0. The van der Waals surface area contributed by atoms with Gasteiger partial charge in [0.2, 0.25) is 5.95 Å². The minimum atomic E-state index is -1.54. The van der Waals surface area contributed by atoms with Crippen LogP contribution in [-0.4, -0.2) is 17.0 Å². The zero-order chi connectivity index (χ0) is 18.7. The summed E-state index contributed by atoms with van der Waals surface area (Å²) in [6, 6.07) is 13.6. The first-order chi connectivity index (χ1) is 12.4. The van der Waals surface area contributed by atoms with E-state index in [9.17, 15) is 13.2 Å². The van der Waals surface area contributed by atoms with Gasteiger partial charge in [0.25, 0.3) is 0 Å². The molecule has 7 heteroatoms. The van der Waals surface area contributed by atoms with Crippen LogP contribution in [0, 0.1) is 24.4 Å². The Balaban J connectivity index is 1.85. The molecule has 0 bridgehead atoms. The summed E-state index contributed by atoms with van der Waals surface area (Å²) < 4.78 is 40.3. The molecule has 0 aliphatic heterocycles. The fourth-order valence-corrected chi connectivity index (χ4v) is 2.48. The highest BCUT2D eigenvalue weighted by atomic mass is 19.2. The van der Waals surface area contributed by atoms with Crippen LogP contribution in [0.3, 0.4) is 0 Å². The molecular formula is C19H17F3N4. The van der Waals surface area contributed by atoms with Gasteiger partial charge in [-0.25, -0.2) is 18.2 Å². The molecule has 0 fully saturated rings. The summed E-state index contributed by atoms with van der Waals surface area (Å²) in [7, 11) is 1.87. The lowest BCUT2D eigenvalue weighted by atomic mass is 10.2. The standard InChI is InChI=1S/C19H17F3N4/c1-12-10-16(26(2)11-13-6-4-3-5-7-13)25-19(23-12)24-15-9-8-14(20)17(21)18(15)22/h3-10H,11H2,1-2H3,(H,23,24,25). The number of benzene rings is 2. The van der Waals surface area contributed by atoms with E-state index in [4.69, 9.17) is 0 Å². The van der Waals surface area contributed by atoms with Crippen LogP contribution in [-0.2, 0) is 6.54 Å². The molecule has 3 aromatic rings. The lowest BCUT2D eigenvalue weighted by Crippen LogP contribution is -2.18. The Morgan fingerprint density at radius 2 is 1.69 bits per heavy atom. The molecule has 0 aliphatic carbocycles. The first-order valence-electron chi connectivity index (χ1n) is 7.95. The fraction of sp³-hybridized carbons (Fsp3) is 0.158. The van der Waals surface area contributed by atoms with E-state index in [2.05, 4.69) is 15.3 Å². The Hall–Kier alpha value is -3.09. The SMILES string of the molecule is Cc1cc(N(C)Cc2ccccc2)nc(Nc2ccc(F)c(F)c2F)n1. The number of aromatic nitrogens is 2. The number of hydrogen-bond acceptors (Lipinski definition) is 4. The zero-order valence-corrected chi connectivity index (χ0v) is 14.3. The molecule has 0 spiro atoms. The van der Waals surface area contributed by atoms with E-state index >= 15 is 0 Å². The summed E-state index contributed by atoms with van der Waals surface area (Å²) in [5.74, 6) is -3.38. The van der Waals surface area contributed by atoms with Crippen molar-refractivity contribution in [3.05, 3.63) is 77.2 Å². The molecule has 0 atom stereocenters. The molecule has 0 radical (unpaired) electrons. The van der Waals surface area contributed by atoms with Crippen LogP contribution in [0.15, 0.2) is 48.5 Å². The molecule has 0 aliphatic rings. The maximum Gasteiger partial charge on any atom is 0.229 e. The molecule has 4 nitrogen and oxygen atoms in total. The number of hydrogen-bond donors (Lipinski definition) is 1. The summed E-state index contributed by atoms with van der Waals surface area (Å²) in [6.07, 6.45) is 0. The molecule has 1 aromatic heterocycles. The van der Waals surface area contributed by atoms with E-state index in [-0.39, 0.29) is 11.6 Å². The minimum Gasteiger partial charge on any atom is -0.355 e. The predicted octanol–water partition coefficient (Wildman–Crippen LogP) is 4.58. The van der Waals surface area contributed by atoms with Crippen molar-refractivity contribution in [2.24, 2.45) is 0 Å². The molecule has 0 unspecified atom stereocenters. The zero-order valence-electron chi connectivity index (χ0n) is 14.3. The van der Waals surface area contributed by atoms with Crippen molar-refractivity contribution in [1.82, 2.24) is 9.97 Å². The van der Waals surface area contributed by atoms with Crippen LogP contribution in [0.2, 0.25) is 0 Å². The number of anilines is 3. The molecule has 134 valence electrons. The molecule has 2 aromatic carbocycles. The van der Waals surface area contributed by atoms with Gasteiger partial charge in [-0.2, -0.15) is 4.98 Å². The highest BCUT2D eigenvalue weighted by Crippen LogP contribution is 2.23. The quantitative estimate of drug-likeness (QED) is 0.678. The van der Waals surface area contributed by atoms with E-state index in [0.29, 0.717) is 18.1 Å². The van der Waals surface area contributed by atoms with Gasteiger partial charge in [0.05, 0.1) is 5.69 Å². The lowest BCUT2D eigenvalue weighted by molar-refractivity contribution is 0.449. The van der Waals surface area contributed by atoms with Crippen molar-refractivity contribution in [2.75, 3.05) is 17.3 Å². The Morgan fingerprint density at radius 3 is 2.42 bits per heavy atom. The van der Waals surface area contributed by atoms with E-state index in [0.717, 1.165) is 17.7 Å². The normalized spacial score (nSPS) is 10.7. The summed E-state index contributed by atoms with van der Waals surface area (Å²) in [6.45, 7) is 2.39. The van der Waals surface area contributed by atoms with E-state index in [1.54, 1.807) is 13.0 Å². The van der Waals surface area contributed by atoms with Gasteiger partial charge in [0.1, 0.15) is 5.82 Å². The van der Waals surface area contributed by atoms with Gasteiger partial charge in [0.15, 0.2) is 17.5 Å². The van der Waals surface area contributed by atoms with Crippen molar-refractivity contribution in [3.8, 4) is 0 Å². The smallest absolute Gasteiger partial charge is 0.229 e. The van der Waals surface area contributed by atoms with Crippen LogP contribution in [0.5, 0.6) is 0 Å². The van der Waals surface area contributed by atoms with Crippen molar-refractivity contribution < 1.29 is 13.2 Å². The highest BCUT2D eigenvalue weighted by molar-refractivity contribution is 5.56.